The van der Waals surface area contributed by atoms with Crippen molar-refractivity contribution in [2.24, 2.45) is 0 Å². The van der Waals surface area contributed by atoms with E-state index in [9.17, 15) is 4.79 Å². The Morgan fingerprint density at radius 3 is 2.73 bits per heavy atom. The Kier molecular flexibility index (Phi) is 4.08. The number of anilines is 1. The standard InChI is InChI=1S/C17H25N3O2/c1-17(2,3)22-16(21)20(12-8-9-12)15-13(6-4-11-19-15)14-7-5-10-18-14/h4,6,11-12,14,18H,5,7-10H2,1-3H3/t14-/m1/s1. The molecule has 1 aromatic rings. The number of carbonyl (C=O) groups excluding carboxylic acids is 1. The van der Waals surface area contributed by atoms with Gasteiger partial charge in [-0.05, 0) is 59.1 Å². The molecule has 1 saturated heterocycles. The van der Waals surface area contributed by atoms with Crippen molar-refractivity contribution in [1.29, 1.82) is 0 Å². The highest BCUT2D eigenvalue weighted by atomic mass is 16.6. The summed E-state index contributed by atoms with van der Waals surface area (Å²) in [5.74, 6) is 0.763. The third kappa shape index (κ3) is 3.40. The number of ether oxygens (including phenoxy) is 1. The van der Waals surface area contributed by atoms with E-state index in [1.54, 1.807) is 11.1 Å². The highest BCUT2D eigenvalue weighted by Crippen LogP contribution is 2.37. The zero-order chi connectivity index (χ0) is 15.7. The SMILES string of the molecule is CC(C)(C)OC(=O)N(c1ncccc1[C@H]1CCCN1)C1CC1. The largest absolute Gasteiger partial charge is 0.443 e. The molecule has 0 radical (unpaired) electrons. The molecule has 1 amide bonds. The molecular formula is C17H25N3O2. The quantitative estimate of drug-likeness (QED) is 0.929. The van der Waals surface area contributed by atoms with Crippen molar-refractivity contribution in [3.05, 3.63) is 23.9 Å². The van der Waals surface area contributed by atoms with Crippen molar-refractivity contribution in [2.45, 2.75) is 64.1 Å². The second-order valence-electron chi connectivity index (χ2n) is 7.15. The smallest absolute Gasteiger partial charge is 0.416 e. The summed E-state index contributed by atoms with van der Waals surface area (Å²) in [4.78, 5) is 18.9. The molecule has 5 heteroatoms. The van der Waals surface area contributed by atoms with E-state index in [-0.39, 0.29) is 18.2 Å². The Bertz CT molecular complexity index is 543. The summed E-state index contributed by atoms with van der Waals surface area (Å²) in [5, 5.41) is 3.50. The van der Waals surface area contributed by atoms with Gasteiger partial charge in [0.1, 0.15) is 11.4 Å². The molecule has 1 aromatic heterocycles. The summed E-state index contributed by atoms with van der Waals surface area (Å²) >= 11 is 0. The van der Waals surface area contributed by atoms with E-state index in [1.165, 1.54) is 0 Å². The normalized spacial score (nSPS) is 21.7. The van der Waals surface area contributed by atoms with Crippen molar-refractivity contribution in [2.75, 3.05) is 11.4 Å². The van der Waals surface area contributed by atoms with Crippen LogP contribution in [0, 0.1) is 0 Å². The number of carbonyl (C=O) groups is 1. The second-order valence-corrected chi connectivity index (χ2v) is 7.15. The third-order valence-electron chi connectivity index (χ3n) is 3.98. The molecule has 1 aliphatic carbocycles. The number of rotatable bonds is 3. The molecule has 0 spiro atoms. The Labute approximate surface area is 132 Å². The van der Waals surface area contributed by atoms with E-state index < -0.39 is 5.60 Å². The topological polar surface area (TPSA) is 54.5 Å². The number of hydrogen-bond donors (Lipinski definition) is 1. The predicted octanol–water partition coefficient (Wildman–Crippen LogP) is 3.41. The number of nitrogens with one attached hydrogen (secondary N) is 1. The fourth-order valence-corrected chi connectivity index (χ4v) is 2.88. The Morgan fingerprint density at radius 2 is 2.14 bits per heavy atom. The highest BCUT2D eigenvalue weighted by Gasteiger charge is 2.39. The van der Waals surface area contributed by atoms with Gasteiger partial charge in [0.05, 0.1) is 0 Å². The lowest BCUT2D eigenvalue weighted by atomic mass is 10.1. The first-order valence-corrected chi connectivity index (χ1v) is 8.16. The van der Waals surface area contributed by atoms with E-state index in [1.807, 2.05) is 26.8 Å². The summed E-state index contributed by atoms with van der Waals surface area (Å²) in [6, 6.07) is 4.53. The first kappa shape index (κ1) is 15.3. The molecule has 1 N–H and O–H groups in total. The van der Waals surface area contributed by atoms with Crippen molar-refractivity contribution < 1.29 is 9.53 Å². The third-order valence-corrected chi connectivity index (χ3v) is 3.98. The Balaban J connectivity index is 1.90. The molecule has 5 nitrogen and oxygen atoms in total. The summed E-state index contributed by atoms with van der Waals surface area (Å²) in [6.45, 7) is 6.71. The maximum Gasteiger partial charge on any atom is 0.416 e. The summed E-state index contributed by atoms with van der Waals surface area (Å²) < 4.78 is 5.60. The summed E-state index contributed by atoms with van der Waals surface area (Å²) in [5.41, 5.74) is 0.614. The van der Waals surface area contributed by atoms with Crippen LogP contribution in [0.15, 0.2) is 18.3 Å². The molecule has 3 rings (SSSR count). The minimum Gasteiger partial charge on any atom is -0.443 e. The van der Waals surface area contributed by atoms with Gasteiger partial charge in [-0.15, -0.1) is 0 Å². The molecule has 2 aliphatic rings. The minimum atomic E-state index is -0.495. The highest BCUT2D eigenvalue weighted by molar-refractivity contribution is 5.89. The summed E-state index contributed by atoms with van der Waals surface area (Å²) in [7, 11) is 0. The molecule has 1 saturated carbocycles. The molecular weight excluding hydrogens is 278 g/mol. The van der Waals surface area contributed by atoms with Crippen LogP contribution in [0.2, 0.25) is 0 Å². The Morgan fingerprint density at radius 1 is 1.36 bits per heavy atom. The molecule has 120 valence electrons. The van der Waals surface area contributed by atoms with Crippen molar-refractivity contribution in [3.63, 3.8) is 0 Å². The molecule has 2 heterocycles. The Hall–Kier alpha value is -1.62. The van der Waals surface area contributed by atoms with Gasteiger partial charge in [0.15, 0.2) is 0 Å². The van der Waals surface area contributed by atoms with Gasteiger partial charge in [-0.1, -0.05) is 6.07 Å². The fourth-order valence-electron chi connectivity index (χ4n) is 2.88. The van der Waals surface area contributed by atoms with Gasteiger partial charge in [0, 0.05) is 23.8 Å². The zero-order valence-electron chi connectivity index (χ0n) is 13.6. The number of amides is 1. The van der Waals surface area contributed by atoms with Gasteiger partial charge in [-0.2, -0.15) is 0 Å². The van der Waals surface area contributed by atoms with Gasteiger partial charge in [-0.3, -0.25) is 4.90 Å². The van der Waals surface area contributed by atoms with Crippen LogP contribution in [-0.4, -0.2) is 29.3 Å². The lowest BCUT2D eigenvalue weighted by molar-refractivity contribution is 0.0576. The molecule has 1 atom stereocenters. The van der Waals surface area contributed by atoms with E-state index in [2.05, 4.69) is 16.4 Å². The van der Waals surface area contributed by atoms with Crippen LogP contribution in [0.3, 0.4) is 0 Å². The zero-order valence-corrected chi connectivity index (χ0v) is 13.6. The lowest BCUT2D eigenvalue weighted by Gasteiger charge is -2.29. The second kappa shape index (κ2) is 5.88. The fraction of sp³-hybridized carbons (Fsp3) is 0.647. The van der Waals surface area contributed by atoms with Crippen LogP contribution >= 0.6 is 0 Å². The first-order chi connectivity index (χ1) is 10.5. The molecule has 1 aliphatic heterocycles. The van der Waals surface area contributed by atoms with Crippen LogP contribution < -0.4 is 10.2 Å². The maximum atomic E-state index is 12.7. The van der Waals surface area contributed by atoms with Crippen LogP contribution in [0.4, 0.5) is 10.6 Å². The van der Waals surface area contributed by atoms with Crippen molar-refractivity contribution >= 4 is 11.9 Å². The number of hydrogen-bond acceptors (Lipinski definition) is 4. The molecule has 0 aromatic carbocycles. The number of pyridine rings is 1. The average molecular weight is 303 g/mol. The van der Waals surface area contributed by atoms with Gasteiger partial charge >= 0.3 is 6.09 Å². The van der Waals surface area contributed by atoms with Crippen molar-refractivity contribution in [3.8, 4) is 0 Å². The first-order valence-electron chi connectivity index (χ1n) is 8.16. The minimum absolute atomic E-state index is 0.227. The van der Waals surface area contributed by atoms with Gasteiger partial charge in [-0.25, -0.2) is 9.78 Å². The van der Waals surface area contributed by atoms with E-state index in [4.69, 9.17) is 4.74 Å². The predicted molar refractivity (Wildman–Crippen MR) is 85.9 cm³/mol. The molecule has 0 unspecified atom stereocenters. The van der Waals surface area contributed by atoms with Crippen LogP contribution in [0.25, 0.3) is 0 Å². The van der Waals surface area contributed by atoms with Gasteiger partial charge < -0.3 is 10.1 Å². The lowest BCUT2D eigenvalue weighted by Crippen LogP contribution is -2.39. The van der Waals surface area contributed by atoms with E-state index >= 15 is 0 Å². The van der Waals surface area contributed by atoms with Crippen LogP contribution in [0.1, 0.15) is 58.1 Å². The molecule has 0 bridgehead atoms. The maximum absolute atomic E-state index is 12.7. The molecule has 2 fully saturated rings. The van der Waals surface area contributed by atoms with Crippen molar-refractivity contribution in [1.82, 2.24) is 10.3 Å². The number of aromatic nitrogens is 1. The van der Waals surface area contributed by atoms with Gasteiger partial charge in [0.25, 0.3) is 0 Å². The van der Waals surface area contributed by atoms with Gasteiger partial charge in [0.2, 0.25) is 0 Å². The average Bonchev–Trinajstić information content (AvgIpc) is 3.11. The number of nitrogens with zero attached hydrogens (tertiary/aromatic N) is 2. The van der Waals surface area contributed by atoms with E-state index in [0.717, 1.165) is 43.6 Å². The van der Waals surface area contributed by atoms with Crippen LogP contribution in [-0.2, 0) is 4.74 Å². The van der Waals surface area contributed by atoms with E-state index in [0.29, 0.717) is 0 Å². The van der Waals surface area contributed by atoms with Crippen LogP contribution in [0.5, 0.6) is 0 Å². The summed E-state index contributed by atoms with van der Waals surface area (Å²) in [6.07, 6.45) is 5.77. The monoisotopic (exact) mass is 303 g/mol. The molecule has 22 heavy (non-hydrogen) atoms.